The van der Waals surface area contributed by atoms with Crippen molar-refractivity contribution in [3.05, 3.63) is 12.2 Å². The lowest BCUT2D eigenvalue weighted by atomic mass is 9.92. The Hall–Kier alpha value is -0.790. The molecule has 0 aromatic carbocycles. The van der Waals surface area contributed by atoms with Gasteiger partial charge in [-0.3, -0.25) is 4.79 Å². The van der Waals surface area contributed by atoms with Gasteiger partial charge in [0, 0.05) is 12.0 Å². The monoisotopic (exact) mass is 233 g/mol. The van der Waals surface area contributed by atoms with Crippen molar-refractivity contribution in [3.8, 4) is 0 Å². The Morgan fingerprint density at radius 1 is 1.00 bits per heavy atom. The molecule has 0 aromatic rings. The van der Waals surface area contributed by atoms with Crippen molar-refractivity contribution in [3.63, 3.8) is 0 Å². The molecule has 0 aliphatic heterocycles. The first kappa shape index (κ1) is 11.3. The third-order valence-electron chi connectivity index (χ3n) is 4.82. The van der Waals surface area contributed by atoms with Crippen LogP contribution < -0.4 is 5.32 Å². The number of allylic oxidation sites excluding steroid dienone is 2. The van der Waals surface area contributed by atoms with Crippen LogP contribution in [-0.4, -0.2) is 11.9 Å². The molecule has 1 N–H and O–H groups in total. The van der Waals surface area contributed by atoms with Crippen molar-refractivity contribution in [2.24, 2.45) is 17.8 Å². The van der Waals surface area contributed by atoms with Crippen molar-refractivity contribution < 1.29 is 4.79 Å². The molecular weight excluding hydrogens is 210 g/mol. The minimum Gasteiger partial charge on any atom is -0.353 e. The second kappa shape index (κ2) is 4.83. The van der Waals surface area contributed by atoms with Gasteiger partial charge >= 0.3 is 0 Å². The molecule has 0 spiro atoms. The van der Waals surface area contributed by atoms with Crippen LogP contribution in [0.1, 0.15) is 51.4 Å². The second-order valence-electron chi connectivity index (χ2n) is 6.08. The zero-order chi connectivity index (χ0) is 11.7. The maximum absolute atomic E-state index is 12.3. The number of fused-ring (bicyclic) bond motifs is 2. The number of nitrogens with one attached hydrogen (secondary N) is 1. The predicted octanol–water partition coefficient (Wildman–Crippen LogP) is 3.04. The molecule has 3 unspecified atom stereocenters. The Bertz CT molecular complexity index is 315. The average Bonchev–Trinajstić information content (AvgIpc) is 2.87. The van der Waals surface area contributed by atoms with Gasteiger partial charge in [-0.15, -0.1) is 0 Å². The van der Waals surface area contributed by atoms with Gasteiger partial charge in [0.2, 0.25) is 5.91 Å². The Labute approximate surface area is 104 Å². The van der Waals surface area contributed by atoms with E-state index in [1.54, 1.807) is 0 Å². The summed E-state index contributed by atoms with van der Waals surface area (Å²) in [5, 5.41) is 3.31. The molecule has 17 heavy (non-hydrogen) atoms. The van der Waals surface area contributed by atoms with Crippen LogP contribution in [0.25, 0.3) is 0 Å². The number of rotatable bonds is 2. The van der Waals surface area contributed by atoms with E-state index in [9.17, 15) is 4.79 Å². The molecule has 1 amide bonds. The first-order valence-corrected chi connectivity index (χ1v) is 7.31. The lowest BCUT2D eigenvalue weighted by Gasteiger charge is -2.22. The molecule has 0 aromatic heterocycles. The van der Waals surface area contributed by atoms with Crippen LogP contribution in [0.5, 0.6) is 0 Å². The summed E-state index contributed by atoms with van der Waals surface area (Å²) >= 11 is 0. The van der Waals surface area contributed by atoms with Gasteiger partial charge < -0.3 is 5.32 Å². The standard InChI is InChI=1S/C15H23NO/c17-15(14-10-11-7-8-12(14)9-11)16-13-5-3-1-2-4-6-13/h7-8,11-14H,1-6,9-10H2,(H,16,17). The van der Waals surface area contributed by atoms with Gasteiger partial charge in [-0.1, -0.05) is 37.8 Å². The van der Waals surface area contributed by atoms with Crippen LogP contribution in [-0.2, 0) is 4.79 Å². The Morgan fingerprint density at radius 3 is 2.35 bits per heavy atom. The summed E-state index contributed by atoms with van der Waals surface area (Å²) in [6.07, 6.45) is 14.6. The van der Waals surface area contributed by atoms with Gasteiger partial charge in [-0.05, 0) is 37.5 Å². The van der Waals surface area contributed by atoms with Crippen LogP contribution in [0.4, 0.5) is 0 Å². The molecule has 0 heterocycles. The number of amides is 1. The first-order valence-electron chi connectivity index (χ1n) is 7.31. The molecule has 0 saturated heterocycles. The molecule has 2 heteroatoms. The predicted molar refractivity (Wildman–Crippen MR) is 68.5 cm³/mol. The lowest BCUT2D eigenvalue weighted by Crippen LogP contribution is -2.39. The van der Waals surface area contributed by atoms with Crippen LogP contribution >= 0.6 is 0 Å². The SMILES string of the molecule is O=C(NC1CCCCCC1)C1CC2C=CC1C2. The van der Waals surface area contributed by atoms with Gasteiger partial charge in [0.1, 0.15) is 0 Å². The van der Waals surface area contributed by atoms with Gasteiger partial charge in [-0.25, -0.2) is 0 Å². The molecule has 94 valence electrons. The summed E-state index contributed by atoms with van der Waals surface area (Å²) in [4.78, 5) is 12.3. The van der Waals surface area contributed by atoms with E-state index in [2.05, 4.69) is 17.5 Å². The van der Waals surface area contributed by atoms with Gasteiger partial charge in [0.25, 0.3) is 0 Å². The first-order chi connectivity index (χ1) is 8.33. The molecular formula is C15H23NO. The second-order valence-corrected chi connectivity index (χ2v) is 6.08. The Kier molecular flexibility index (Phi) is 3.21. The summed E-state index contributed by atoms with van der Waals surface area (Å²) in [6, 6.07) is 0.466. The minimum atomic E-state index is 0.285. The van der Waals surface area contributed by atoms with Crippen molar-refractivity contribution in [2.75, 3.05) is 0 Å². The van der Waals surface area contributed by atoms with Crippen LogP contribution in [0.15, 0.2) is 12.2 Å². The van der Waals surface area contributed by atoms with E-state index in [0.29, 0.717) is 23.8 Å². The Morgan fingerprint density at radius 2 is 1.76 bits per heavy atom. The topological polar surface area (TPSA) is 29.1 Å². The molecule has 3 rings (SSSR count). The Balaban J connectivity index is 1.54. The third-order valence-corrected chi connectivity index (χ3v) is 4.82. The minimum absolute atomic E-state index is 0.285. The number of carbonyl (C=O) groups excluding carboxylic acids is 1. The molecule has 3 aliphatic rings. The smallest absolute Gasteiger partial charge is 0.223 e. The highest BCUT2D eigenvalue weighted by molar-refractivity contribution is 5.80. The van der Waals surface area contributed by atoms with E-state index < -0.39 is 0 Å². The van der Waals surface area contributed by atoms with Crippen LogP contribution in [0.2, 0.25) is 0 Å². The van der Waals surface area contributed by atoms with Gasteiger partial charge in [0.05, 0.1) is 0 Å². The van der Waals surface area contributed by atoms with Gasteiger partial charge in [0.15, 0.2) is 0 Å². The average molecular weight is 233 g/mol. The third kappa shape index (κ3) is 2.41. The highest BCUT2D eigenvalue weighted by atomic mass is 16.2. The molecule has 2 bridgehead atoms. The van der Waals surface area contributed by atoms with E-state index in [0.717, 1.165) is 6.42 Å². The van der Waals surface area contributed by atoms with E-state index >= 15 is 0 Å². The lowest BCUT2D eigenvalue weighted by molar-refractivity contribution is -0.126. The molecule has 2 saturated carbocycles. The van der Waals surface area contributed by atoms with Crippen molar-refractivity contribution >= 4 is 5.91 Å². The van der Waals surface area contributed by atoms with Crippen LogP contribution in [0.3, 0.4) is 0 Å². The normalized spacial score (nSPS) is 37.1. The zero-order valence-electron chi connectivity index (χ0n) is 10.5. The highest BCUT2D eigenvalue weighted by Crippen LogP contribution is 2.43. The fourth-order valence-corrected chi connectivity index (χ4v) is 3.81. The molecule has 2 nitrogen and oxygen atoms in total. The zero-order valence-corrected chi connectivity index (χ0v) is 10.5. The largest absolute Gasteiger partial charge is 0.353 e. The summed E-state index contributed by atoms with van der Waals surface area (Å²) in [7, 11) is 0. The van der Waals surface area contributed by atoms with E-state index in [4.69, 9.17) is 0 Å². The molecule has 3 atom stereocenters. The highest BCUT2D eigenvalue weighted by Gasteiger charge is 2.40. The van der Waals surface area contributed by atoms with Crippen molar-refractivity contribution in [2.45, 2.75) is 57.4 Å². The fraction of sp³-hybridized carbons (Fsp3) is 0.800. The number of hydrogen-bond donors (Lipinski definition) is 1. The van der Waals surface area contributed by atoms with E-state index in [1.165, 1.54) is 44.9 Å². The maximum atomic E-state index is 12.3. The van der Waals surface area contributed by atoms with Crippen LogP contribution in [0, 0.1) is 17.8 Å². The number of hydrogen-bond acceptors (Lipinski definition) is 1. The summed E-state index contributed by atoms with van der Waals surface area (Å²) < 4.78 is 0. The summed E-state index contributed by atoms with van der Waals surface area (Å²) in [6.45, 7) is 0. The van der Waals surface area contributed by atoms with Crippen molar-refractivity contribution in [1.82, 2.24) is 5.32 Å². The maximum Gasteiger partial charge on any atom is 0.223 e. The summed E-state index contributed by atoms with van der Waals surface area (Å²) in [5.41, 5.74) is 0. The van der Waals surface area contributed by atoms with Gasteiger partial charge in [-0.2, -0.15) is 0 Å². The molecule has 0 radical (unpaired) electrons. The molecule has 2 fully saturated rings. The van der Waals surface area contributed by atoms with Crippen molar-refractivity contribution in [1.29, 1.82) is 0 Å². The summed E-state index contributed by atoms with van der Waals surface area (Å²) in [5.74, 6) is 1.87. The van der Waals surface area contributed by atoms with E-state index in [-0.39, 0.29) is 5.92 Å². The number of carbonyl (C=O) groups is 1. The van der Waals surface area contributed by atoms with E-state index in [1.807, 2.05) is 0 Å². The quantitative estimate of drug-likeness (QED) is 0.576. The fourth-order valence-electron chi connectivity index (χ4n) is 3.81. The molecule has 3 aliphatic carbocycles.